The minimum Gasteiger partial charge on any atom is -0.363 e. The van der Waals surface area contributed by atoms with Crippen LogP contribution < -0.4 is 10.2 Å². The van der Waals surface area contributed by atoms with E-state index in [1.54, 1.807) is 6.20 Å². The van der Waals surface area contributed by atoms with Crippen molar-refractivity contribution in [2.24, 2.45) is 11.8 Å². The number of fused-ring (bicyclic) bond motifs is 5. The average molecular weight is 286 g/mol. The summed E-state index contributed by atoms with van der Waals surface area (Å²) in [4.78, 5) is 21.4. The predicted molar refractivity (Wildman–Crippen MR) is 81.4 cm³/mol. The van der Waals surface area contributed by atoms with Crippen LogP contribution in [0.5, 0.6) is 0 Å². The molecule has 0 unspecified atom stereocenters. The molecule has 1 aromatic heterocycles. The topological polar surface area (TPSA) is 48.5 Å². The Hall–Kier alpha value is -1.62. The second kappa shape index (κ2) is 4.70. The van der Waals surface area contributed by atoms with Gasteiger partial charge in [-0.3, -0.25) is 4.79 Å². The van der Waals surface area contributed by atoms with E-state index < -0.39 is 0 Å². The van der Waals surface area contributed by atoms with E-state index in [9.17, 15) is 4.79 Å². The van der Waals surface area contributed by atoms with Crippen LogP contribution >= 0.6 is 0 Å². The molecule has 3 aliphatic heterocycles. The molecule has 0 radical (unpaired) electrons. The molecule has 0 aliphatic carbocycles. The van der Waals surface area contributed by atoms with Crippen LogP contribution in [0.3, 0.4) is 0 Å². The number of rotatable bonds is 2. The lowest BCUT2D eigenvalue weighted by Crippen LogP contribution is -2.39. The number of nitrogens with one attached hydrogen (secondary N) is 1. The quantitative estimate of drug-likeness (QED) is 0.880. The van der Waals surface area contributed by atoms with Crippen LogP contribution in [-0.2, 0) is 0 Å². The molecule has 0 aromatic carbocycles. The second-order valence-electron chi connectivity index (χ2n) is 6.71. The highest BCUT2D eigenvalue weighted by Crippen LogP contribution is 2.47. The second-order valence-corrected chi connectivity index (χ2v) is 6.71. The van der Waals surface area contributed by atoms with Crippen LogP contribution in [0, 0.1) is 11.8 Å². The van der Waals surface area contributed by atoms with Gasteiger partial charge in [-0.05, 0) is 36.8 Å². The summed E-state index contributed by atoms with van der Waals surface area (Å²) in [6, 6.07) is 4.72. The molecular formula is C16H22N4O. The lowest BCUT2D eigenvalue weighted by atomic mass is 9.82. The summed E-state index contributed by atoms with van der Waals surface area (Å²) in [6.07, 6.45) is 4.06. The fraction of sp³-hybridized carbons (Fsp3) is 0.625. The molecule has 3 aliphatic rings. The Kier molecular flexibility index (Phi) is 2.92. The van der Waals surface area contributed by atoms with E-state index in [-0.39, 0.29) is 5.91 Å². The summed E-state index contributed by atoms with van der Waals surface area (Å²) in [5.74, 6) is 2.40. The van der Waals surface area contributed by atoms with E-state index in [1.807, 2.05) is 31.1 Å². The molecule has 4 atom stereocenters. The van der Waals surface area contributed by atoms with Gasteiger partial charge in [0.2, 0.25) is 0 Å². The zero-order chi connectivity index (χ0) is 14.6. The molecule has 1 N–H and O–H groups in total. The summed E-state index contributed by atoms with van der Waals surface area (Å²) in [5.41, 5.74) is 0.727. The maximum Gasteiger partial charge on any atom is 0.255 e. The minimum absolute atomic E-state index is 0.176. The van der Waals surface area contributed by atoms with Crippen LogP contribution in [0.15, 0.2) is 18.3 Å². The Bertz CT molecular complexity index is 538. The van der Waals surface area contributed by atoms with Gasteiger partial charge in [-0.2, -0.15) is 0 Å². The maximum absolute atomic E-state index is 12.9. The standard InChI is InChI=1S/C16H22N4O/c1-19(2)15-6-3-10(7-18-15)16(21)20-13-4-5-14(20)12-9-17-8-11(12)13/h3,6-7,11-14,17H,4-5,8-9H2,1-2H3/t11-,12+,13-,14+. The van der Waals surface area contributed by atoms with Crippen molar-refractivity contribution in [1.82, 2.24) is 15.2 Å². The average Bonchev–Trinajstić information content (AvgIpc) is 3.18. The predicted octanol–water partition coefficient (Wildman–Crippen LogP) is 0.970. The zero-order valence-electron chi connectivity index (χ0n) is 12.6. The van der Waals surface area contributed by atoms with E-state index in [0.29, 0.717) is 23.9 Å². The van der Waals surface area contributed by atoms with E-state index >= 15 is 0 Å². The van der Waals surface area contributed by atoms with Gasteiger partial charge < -0.3 is 15.1 Å². The SMILES string of the molecule is CN(C)c1ccc(C(=O)N2[C@@H]3CC[C@H]2[C@H]2CNC[C@H]23)cn1. The number of pyridine rings is 1. The molecule has 4 heterocycles. The molecular weight excluding hydrogens is 264 g/mol. The third kappa shape index (κ3) is 1.87. The Labute approximate surface area is 125 Å². The molecule has 4 rings (SSSR count). The smallest absolute Gasteiger partial charge is 0.255 e. The van der Waals surface area contributed by atoms with E-state index in [4.69, 9.17) is 0 Å². The Morgan fingerprint density at radius 3 is 2.43 bits per heavy atom. The van der Waals surface area contributed by atoms with Crippen LogP contribution in [0.1, 0.15) is 23.2 Å². The first-order valence-corrected chi connectivity index (χ1v) is 7.83. The van der Waals surface area contributed by atoms with Gasteiger partial charge >= 0.3 is 0 Å². The van der Waals surface area contributed by atoms with E-state index in [2.05, 4.69) is 15.2 Å². The van der Waals surface area contributed by atoms with Gasteiger partial charge in [0.15, 0.2) is 0 Å². The summed E-state index contributed by atoms with van der Waals surface area (Å²) in [5, 5.41) is 3.49. The van der Waals surface area contributed by atoms with Gasteiger partial charge in [-0.25, -0.2) is 4.98 Å². The summed E-state index contributed by atoms with van der Waals surface area (Å²) >= 11 is 0. The highest BCUT2D eigenvalue weighted by atomic mass is 16.2. The van der Waals surface area contributed by atoms with Crippen LogP contribution in [0.25, 0.3) is 0 Å². The van der Waals surface area contributed by atoms with Crippen molar-refractivity contribution in [1.29, 1.82) is 0 Å². The summed E-state index contributed by atoms with van der Waals surface area (Å²) < 4.78 is 0. The molecule has 112 valence electrons. The highest BCUT2D eigenvalue weighted by molar-refractivity contribution is 5.95. The number of aromatic nitrogens is 1. The summed E-state index contributed by atoms with van der Waals surface area (Å²) in [7, 11) is 3.91. The molecule has 3 saturated heterocycles. The first-order valence-electron chi connectivity index (χ1n) is 7.83. The monoisotopic (exact) mass is 286 g/mol. The minimum atomic E-state index is 0.176. The molecule has 5 nitrogen and oxygen atoms in total. The van der Waals surface area contributed by atoms with Crippen molar-refractivity contribution in [3.63, 3.8) is 0 Å². The Morgan fingerprint density at radius 1 is 1.24 bits per heavy atom. The fourth-order valence-electron chi connectivity index (χ4n) is 4.50. The number of carbonyl (C=O) groups is 1. The van der Waals surface area contributed by atoms with Crippen LogP contribution in [0.2, 0.25) is 0 Å². The first kappa shape index (κ1) is 13.1. The molecule has 3 fully saturated rings. The molecule has 1 aromatic rings. The molecule has 5 heteroatoms. The highest BCUT2D eigenvalue weighted by Gasteiger charge is 2.56. The number of carbonyl (C=O) groups excluding carboxylic acids is 1. The molecule has 2 bridgehead atoms. The lowest BCUT2D eigenvalue weighted by Gasteiger charge is -2.25. The number of hydrogen-bond donors (Lipinski definition) is 1. The van der Waals surface area contributed by atoms with Crippen molar-refractivity contribution in [3.05, 3.63) is 23.9 Å². The fourth-order valence-corrected chi connectivity index (χ4v) is 4.50. The van der Waals surface area contributed by atoms with Crippen molar-refractivity contribution >= 4 is 11.7 Å². The third-order valence-corrected chi connectivity index (χ3v) is 5.46. The van der Waals surface area contributed by atoms with Crippen LogP contribution in [0.4, 0.5) is 5.82 Å². The third-order valence-electron chi connectivity index (χ3n) is 5.46. The van der Waals surface area contributed by atoms with Crippen molar-refractivity contribution in [3.8, 4) is 0 Å². The largest absolute Gasteiger partial charge is 0.363 e. The normalized spacial score (nSPS) is 33.3. The van der Waals surface area contributed by atoms with Gasteiger partial charge in [0, 0.05) is 45.5 Å². The summed E-state index contributed by atoms with van der Waals surface area (Å²) in [6.45, 7) is 2.15. The van der Waals surface area contributed by atoms with Crippen molar-refractivity contribution in [2.45, 2.75) is 24.9 Å². The first-order chi connectivity index (χ1) is 10.2. The van der Waals surface area contributed by atoms with Gasteiger partial charge in [0.1, 0.15) is 5.82 Å². The number of amides is 1. The maximum atomic E-state index is 12.9. The molecule has 21 heavy (non-hydrogen) atoms. The van der Waals surface area contributed by atoms with Gasteiger partial charge in [-0.1, -0.05) is 0 Å². The molecule has 0 saturated carbocycles. The lowest BCUT2D eigenvalue weighted by molar-refractivity contribution is 0.0709. The van der Waals surface area contributed by atoms with Gasteiger partial charge in [-0.15, -0.1) is 0 Å². The van der Waals surface area contributed by atoms with Crippen molar-refractivity contribution < 1.29 is 4.79 Å². The number of anilines is 1. The van der Waals surface area contributed by atoms with E-state index in [1.165, 1.54) is 12.8 Å². The van der Waals surface area contributed by atoms with Gasteiger partial charge in [0.25, 0.3) is 5.91 Å². The molecule has 1 amide bonds. The van der Waals surface area contributed by atoms with Crippen LogP contribution in [-0.4, -0.2) is 55.1 Å². The zero-order valence-corrected chi connectivity index (χ0v) is 12.6. The number of nitrogens with zero attached hydrogens (tertiary/aromatic N) is 3. The molecule has 0 spiro atoms. The Morgan fingerprint density at radius 2 is 1.90 bits per heavy atom. The van der Waals surface area contributed by atoms with E-state index in [0.717, 1.165) is 24.5 Å². The van der Waals surface area contributed by atoms with Crippen molar-refractivity contribution in [2.75, 3.05) is 32.1 Å². The Balaban J connectivity index is 1.58. The van der Waals surface area contributed by atoms with Gasteiger partial charge in [0.05, 0.1) is 5.56 Å². The number of hydrogen-bond acceptors (Lipinski definition) is 4.